The Bertz CT molecular complexity index is 607. The highest BCUT2D eigenvalue weighted by molar-refractivity contribution is 5.86. The van der Waals surface area contributed by atoms with Gasteiger partial charge in [0.15, 0.2) is 5.82 Å². The van der Waals surface area contributed by atoms with E-state index in [1.54, 1.807) is 0 Å². The van der Waals surface area contributed by atoms with Gasteiger partial charge in [0.25, 0.3) is 0 Å². The first kappa shape index (κ1) is 13.8. The predicted molar refractivity (Wildman–Crippen MR) is 62.8 cm³/mol. The van der Waals surface area contributed by atoms with Gasteiger partial charge in [-0.3, -0.25) is 15.2 Å². The fourth-order valence-electron chi connectivity index (χ4n) is 1.42. The number of hydrogen-bond donors (Lipinski definition) is 2. The number of nitrogens with one attached hydrogen (secondary N) is 2. The Kier molecular flexibility index (Phi) is 3.59. The molecule has 1 amide bonds. The number of halogens is 3. The van der Waals surface area contributed by atoms with Crippen molar-refractivity contribution >= 4 is 11.9 Å². The van der Waals surface area contributed by atoms with Crippen LogP contribution < -0.4 is 10.1 Å². The minimum Gasteiger partial charge on any atom is -0.406 e. The molecule has 0 aliphatic carbocycles. The van der Waals surface area contributed by atoms with E-state index >= 15 is 0 Å². The Labute approximate surface area is 111 Å². The number of anilines is 1. The third-order valence-corrected chi connectivity index (χ3v) is 2.13. The van der Waals surface area contributed by atoms with E-state index < -0.39 is 6.36 Å². The number of hydrogen-bond acceptors (Lipinski definition) is 4. The van der Waals surface area contributed by atoms with Gasteiger partial charge in [-0.2, -0.15) is 4.98 Å². The number of nitrogens with zero attached hydrogens (tertiary/aromatic N) is 2. The van der Waals surface area contributed by atoms with Gasteiger partial charge < -0.3 is 4.74 Å². The van der Waals surface area contributed by atoms with E-state index in [2.05, 4.69) is 25.2 Å². The Morgan fingerprint density at radius 2 is 1.95 bits per heavy atom. The molecule has 2 aromatic rings. The van der Waals surface area contributed by atoms with Gasteiger partial charge in [-0.25, -0.2) is 0 Å². The van der Waals surface area contributed by atoms with Gasteiger partial charge in [0, 0.05) is 12.5 Å². The van der Waals surface area contributed by atoms with Crippen LogP contribution in [0.1, 0.15) is 6.92 Å². The van der Waals surface area contributed by atoms with Crippen LogP contribution in [0.5, 0.6) is 5.75 Å². The van der Waals surface area contributed by atoms with Crippen molar-refractivity contribution in [2.75, 3.05) is 5.32 Å². The van der Waals surface area contributed by atoms with Crippen LogP contribution in [0.4, 0.5) is 19.1 Å². The van der Waals surface area contributed by atoms with Crippen LogP contribution in [0.15, 0.2) is 24.3 Å². The van der Waals surface area contributed by atoms with Gasteiger partial charge in [0.1, 0.15) is 5.75 Å². The molecule has 2 rings (SSSR count). The minimum atomic E-state index is -4.73. The maximum Gasteiger partial charge on any atom is 0.573 e. The van der Waals surface area contributed by atoms with Crippen LogP contribution in [-0.4, -0.2) is 27.5 Å². The lowest BCUT2D eigenvalue weighted by Crippen LogP contribution is -2.16. The smallest absolute Gasteiger partial charge is 0.406 e. The quantitative estimate of drug-likeness (QED) is 0.907. The van der Waals surface area contributed by atoms with Crippen molar-refractivity contribution in [1.82, 2.24) is 15.2 Å². The van der Waals surface area contributed by atoms with E-state index in [4.69, 9.17) is 0 Å². The predicted octanol–water partition coefficient (Wildman–Crippen LogP) is 2.33. The molecule has 0 unspecified atom stereocenters. The molecular weight excluding hydrogens is 277 g/mol. The summed E-state index contributed by atoms with van der Waals surface area (Å²) in [5.41, 5.74) is 0.503. The van der Waals surface area contributed by atoms with Crippen LogP contribution in [-0.2, 0) is 4.79 Å². The highest BCUT2D eigenvalue weighted by atomic mass is 19.4. The number of amides is 1. The zero-order chi connectivity index (χ0) is 14.8. The summed E-state index contributed by atoms with van der Waals surface area (Å²) in [5, 5.41) is 8.66. The Morgan fingerprint density at radius 1 is 1.30 bits per heavy atom. The number of ether oxygens (including phenoxy) is 1. The van der Waals surface area contributed by atoms with E-state index in [0.29, 0.717) is 11.4 Å². The third-order valence-electron chi connectivity index (χ3n) is 2.13. The van der Waals surface area contributed by atoms with Gasteiger partial charge in [0.05, 0.1) is 0 Å². The molecule has 1 aromatic heterocycles. The molecule has 0 spiro atoms. The molecule has 9 heteroatoms. The van der Waals surface area contributed by atoms with Crippen molar-refractivity contribution in [3.63, 3.8) is 0 Å². The largest absolute Gasteiger partial charge is 0.573 e. The van der Waals surface area contributed by atoms with E-state index in [1.807, 2.05) is 0 Å². The molecule has 1 heterocycles. The van der Waals surface area contributed by atoms with Crippen LogP contribution in [0.25, 0.3) is 11.4 Å². The first-order chi connectivity index (χ1) is 9.33. The van der Waals surface area contributed by atoms with Crippen LogP contribution in [0, 0.1) is 0 Å². The SMILES string of the molecule is CC(=O)Nc1n[nH]c(-c2ccc(OC(F)(F)F)cc2)n1. The van der Waals surface area contributed by atoms with E-state index in [9.17, 15) is 18.0 Å². The highest BCUT2D eigenvalue weighted by Crippen LogP contribution is 2.25. The van der Waals surface area contributed by atoms with Crippen molar-refractivity contribution in [3.8, 4) is 17.1 Å². The van der Waals surface area contributed by atoms with E-state index in [1.165, 1.54) is 19.1 Å². The lowest BCUT2D eigenvalue weighted by atomic mass is 10.2. The Hall–Kier alpha value is -2.58. The number of carbonyl (C=O) groups excluding carboxylic acids is 1. The first-order valence-electron chi connectivity index (χ1n) is 5.40. The fourth-order valence-corrected chi connectivity index (χ4v) is 1.42. The van der Waals surface area contributed by atoms with Gasteiger partial charge in [-0.15, -0.1) is 18.3 Å². The number of aromatic amines is 1. The summed E-state index contributed by atoms with van der Waals surface area (Å²) >= 11 is 0. The van der Waals surface area contributed by atoms with Crippen LogP contribution in [0.3, 0.4) is 0 Å². The van der Waals surface area contributed by atoms with Gasteiger partial charge in [0.2, 0.25) is 11.9 Å². The number of alkyl halides is 3. The number of rotatable bonds is 3. The van der Waals surface area contributed by atoms with Gasteiger partial charge in [-0.05, 0) is 24.3 Å². The minimum absolute atomic E-state index is 0.0862. The lowest BCUT2D eigenvalue weighted by Gasteiger charge is -2.08. The van der Waals surface area contributed by atoms with Crippen molar-refractivity contribution in [2.24, 2.45) is 0 Å². The molecular formula is C11H9F3N4O2. The molecule has 0 aliphatic heterocycles. The molecule has 6 nitrogen and oxygen atoms in total. The van der Waals surface area contributed by atoms with Crippen molar-refractivity contribution < 1.29 is 22.7 Å². The molecule has 0 atom stereocenters. The molecule has 0 saturated carbocycles. The molecule has 0 aliphatic rings. The monoisotopic (exact) mass is 286 g/mol. The van der Waals surface area contributed by atoms with Crippen molar-refractivity contribution in [2.45, 2.75) is 13.3 Å². The van der Waals surface area contributed by atoms with Crippen molar-refractivity contribution in [3.05, 3.63) is 24.3 Å². The third kappa shape index (κ3) is 3.70. The second kappa shape index (κ2) is 5.19. The summed E-state index contributed by atoms with van der Waals surface area (Å²) in [5.74, 6) is -0.261. The van der Waals surface area contributed by atoms with Gasteiger partial charge in [-0.1, -0.05) is 0 Å². The fraction of sp³-hybridized carbons (Fsp3) is 0.182. The summed E-state index contributed by atoms with van der Waals surface area (Å²) in [4.78, 5) is 14.8. The van der Waals surface area contributed by atoms with E-state index in [0.717, 1.165) is 12.1 Å². The Morgan fingerprint density at radius 3 is 2.50 bits per heavy atom. The second-order valence-corrected chi connectivity index (χ2v) is 3.76. The zero-order valence-corrected chi connectivity index (χ0v) is 10.2. The molecule has 20 heavy (non-hydrogen) atoms. The molecule has 0 saturated heterocycles. The number of H-pyrrole nitrogens is 1. The van der Waals surface area contributed by atoms with Crippen LogP contribution >= 0.6 is 0 Å². The first-order valence-corrected chi connectivity index (χ1v) is 5.40. The summed E-state index contributed by atoms with van der Waals surface area (Å²) < 4.78 is 39.7. The molecule has 0 radical (unpaired) electrons. The summed E-state index contributed by atoms with van der Waals surface area (Å²) in [6.45, 7) is 1.30. The maximum atomic E-state index is 12.0. The molecule has 1 aromatic carbocycles. The number of aromatic nitrogens is 3. The number of benzene rings is 1. The zero-order valence-electron chi connectivity index (χ0n) is 10.2. The summed E-state index contributed by atoms with van der Waals surface area (Å²) in [6.07, 6.45) is -4.73. The maximum absolute atomic E-state index is 12.0. The van der Waals surface area contributed by atoms with E-state index in [-0.39, 0.29) is 17.6 Å². The summed E-state index contributed by atoms with van der Waals surface area (Å²) in [7, 11) is 0. The molecule has 106 valence electrons. The normalized spacial score (nSPS) is 11.2. The van der Waals surface area contributed by atoms with Gasteiger partial charge >= 0.3 is 6.36 Å². The highest BCUT2D eigenvalue weighted by Gasteiger charge is 2.30. The molecule has 0 fully saturated rings. The van der Waals surface area contributed by atoms with Crippen molar-refractivity contribution in [1.29, 1.82) is 0 Å². The lowest BCUT2D eigenvalue weighted by molar-refractivity contribution is -0.274. The standard InChI is InChI=1S/C11H9F3N4O2/c1-6(19)15-10-16-9(17-18-10)7-2-4-8(5-3-7)20-11(12,13)14/h2-5H,1H3,(H2,15,16,17,18,19). The second-order valence-electron chi connectivity index (χ2n) is 3.76. The molecule has 0 bridgehead atoms. The topological polar surface area (TPSA) is 79.9 Å². The average Bonchev–Trinajstić information content (AvgIpc) is 2.75. The summed E-state index contributed by atoms with van der Waals surface area (Å²) in [6, 6.07) is 5.09. The Balaban J connectivity index is 2.13. The number of carbonyl (C=O) groups is 1. The average molecular weight is 286 g/mol. The van der Waals surface area contributed by atoms with Crippen LogP contribution in [0.2, 0.25) is 0 Å². The molecule has 2 N–H and O–H groups in total.